The van der Waals surface area contributed by atoms with Crippen molar-refractivity contribution in [3.05, 3.63) is 105 Å². The highest BCUT2D eigenvalue weighted by molar-refractivity contribution is 5.95. The lowest BCUT2D eigenvalue weighted by atomic mass is 9.91. The molecule has 0 aliphatic rings. The fourth-order valence-corrected chi connectivity index (χ4v) is 3.23. The lowest BCUT2D eigenvalue weighted by molar-refractivity contribution is 0.0679. The van der Waals surface area contributed by atoms with Gasteiger partial charge in [0.1, 0.15) is 0 Å². The molecule has 3 rings (SSSR count). The van der Waals surface area contributed by atoms with E-state index in [-0.39, 0.29) is 11.1 Å². The Hall–Kier alpha value is -3.40. The predicted octanol–water partition coefficient (Wildman–Crippen LogP) is 4.88. The highest BCUT2D eigenvalue weighted by atomic mass is 16.4. The summed E-state index contributed by atoms with van der Waals surface area (Å²) >= 11 is 0. The van der Waals surface area contributed by atoms with Gasteiger partial charge in [0, 0.05) is 0 Å². The third kappa shape index (κ3) is 4.46. The van der Waals surface area contributed by atoms with Gasteiger partial charge in [0.15, 0.2) is 0 Å². The normalized spacial score (nSPS) is 10.6. The van der Waals surface area contributed by atoms with Crippen LogP contribution in [-0.4, -0.2) is 22.2 Å². The van der Waals surface area contributed by atoms with E-state index in [0.29, 0.717) is 24.0 Å². The number of rotatable bonds is 6. The smallest absolute Gasteiger partial charge is 0.335 e. The van der Waals surface area contributed by atoms with Crippen molar-refractivity contribution in [3.8, 4) is 0 Å². The molecule has 0 amide bonds. The molecule has 3 aromatic carbocycles. The summed E-state index contributed by atoms with van der Waals surface area (Å²) in [4.78, 5) is 23.7. The van der Waals surface area contributed by atoms with Crippen LogP contribution in [0.1, 0.15) is 54.1 Å². The number of carboxylic acid groups (broad SMARTS) is 2. The van der Waals surface area contributed by atoms with Crippen molar-refractivity contribution in [3.63, 3.8) is 0 Å². The van der Waals surface area contributed by atoms with Crippen LogP contribution in [0.5, 0.6) is 0 Å². The Morgan fingerprint density at radius 3 is 1.25 bits per heavy atom. The quantitative estimate of drug-likeness (QED) is 0.645. The van der Waals surface area contributed by atoms with Gasteiger partial charge < -0.3 is 10.2 Å². The predicted molar refractivity (Wildman–Crippen MR) is 108 cm³/mol. The van der Waals surface area contributed by atoms with Crippen molar-refractivity contribution in [2.24, 2.45) is 0 Å². The average molecular weight is 374 g/mol. The van der Waals surface area contributed by atoms with Crippen molar-refractivity contribution >= 4 is 11.9 Å². The Balaban J connectivity index is 2.04. The highest BCUT2D eigenvalue weighted by Gasteiger charge is 2.19. The van der Waals surface area contributed by atoms with Gasteiger partial charge in [0.25, 0.3) is 0 Å². The van der Waals surface area contributed by atoms with Gasteiger partial charge in [-0.05, 0) is 61.1 Å². The second kappa shape index (κ2) is 8.09. The Bertz CT molecular complexity index is 930. The minimum absolute atomic E-state index is 0.146. The van der Waals surface area contributed by atoms with Gasteiger partial charge in [0.2, 0.25) is 0 Å². The van der Waals surface area contributed by atoms with E-state index >= 15 is 0 Å². The van der Waals surface area contributed by atoms with E-state index in [1.807, 2.05) is 62.4 Å². The fourth-order valence-electron chi connectivity index (χ4n) is 3.23. The van der Waals surface area contributed by atoms with Crippen molar-refractivity contribution in [1.82, 2.24) is 0 Å². The topological polar surface area (TPSA) is 74.6 Å². The summed E-state index contributed by atoms with van der Waals surface area (Å²) in [5.41, 5.74) is 5.40. The second-order valence-corrected chi connectivity index (χ2v) is 7.10. The van der Waals surface area contributed by atoms with Crippen molar-refractivity contribution in [2.45, 2.75) is 26.7 Å². The highest BCUT2D eigenvalue weighted by Crippen LogP contribution is 2.23. The SMILES string of the molecule is Cc1ccc(Cc2cc(C(=O)O)c(Cc3ccc(C)cc3)cc2C(=O)O)cc1. The number of carboxylic acids is 2. The van der Waals surface area contributed by atoms with E-state index in [2.05, 4.69) is 0 Å². The molecule has 0 saturated carbocycles. The molecule has 0 saturated heterocycles. The molecule has 0 aromatic heterocycles. The van der Waals surface area contributed by atoms with Crippen LogP contribution in [0.15, 0.2) is 60.7 Å². The van der Waals surface area contributed by atoms with Crippen LogP contribution in [0.25, 0.3) is 0 Å². The molecule has 0 unspecified atom stereocenters. The number of benzene rings is 3. The number of aromatic carboxylic acids is 2. The molecule has 4 heteroatoms. The third-order valence-corrected chi connectivity index (χ3v) is 4.82. The summed E-state index contributed by atoms with van der Waals surface area (Å²) in [6.45, 7) is 3.96. The van der Waals surface area contributed by atoms with E-state index in [0.717, 1.165) is 22.3 Å². The Morgan fingerprint density at radius 1 is 0.643 bits per heavy atom. The zero-order valence-corrected chi connectivity index (χ0v) is 15.9. The summed E-state index contributed by atoms with van der Waals surface area (Å²) in [6.07, 6.45) is 0.736. The molecule has 0 spiro atoms. The molecule has 0 radical (unpaired) electrons. The van der Waals surface area contributed by atoms with Crippen LogP contribution < -0.4 is 0 Å². The molecule has 0 fully saturated rings. The zero-order valence-electron chi connectivity index (χ0n) is 15.9. The Kier molecular flexibility index (Phi) is 5.59. The van der Waals surface area contributed by atoms with Gasteiger partial charge in [-0.25, -0.2) is 9.59 Å². The maximum atomic E-state index is 11.8. The largest absolute Gasteiger partial charge is 0.478 e. The molecule has 142 valence electrons. The van der Waals surface area contributed by atoms with Crippen LogP contribution in [-0.2, 0) is 12.8 Å². The van der Waals surface area contributed by atoms with E-state index in [4.69, 9.17) is 0 Å². The van der Waals surface area contributed by atoms with Gasteiger partial charge in [0.05, 0.1) is 11.1 Å². The number of aryl methyl sites for hydroxylation is 2. The summed E-state index contributed by atoms with van der Waals surface area (Å²) in [5, 5.41) is 19.4. The molecule has 0 aliphatic carbocycles. The molecule has 0 bridgehead atoms. The molecule has 2 N–H and O–H groups in total. The van der Waals surface area contributed by atoms with E-state index in [1.54, 1.807) is 0 Å². The van der Waals surface area contributed by atoms with Gasteiger partial charge in [-0.2, -0.15) is 0 Å². The van der Waals surface area contributed by atoms with Gasteiger partial charge in [-0.15, -0.1) is 0 Å². The van der Waals surface area contributed by atoms with E-state index in [1.165, 1.54) is 12.1 Å². The van der Waals surface area contributed by atoms with Gasteiger partial charge in [-0.3, -0.25) is 0 Å². The minimum atomic E-state index is -1.05. The maximum Gasteiger partial charge on any atom is 0.335 e. The Morgan fingerprint density at radius 2 is 0.964 bits per heavy atom. The maximum absolute atomic E-state index is 11.8. The molecular weight excluding hydrogens is 352 g/mol. The molecule has 4 nitrogen and oxygen atoms in total. The lowest BCUT2D eigenvalue weighted by Gasteiger charge is -2.13. The first-order valence-electron chi connectivity index (χ1n) is 9.07. The van der Waals surface area contributed by atoms with Crippen molar-refractivity contribution < 1.29 is 19.8 Å². The monoisotopic (exact) mass is 374 g/mol. The fraction of sp³-hybridized carbons (Fsp3) is 0.167. The number of carbonyl (C=O) groups is 2. The molecule has 28 heavy (non-hydrogen) atoms. The second-order valence-electron chi connectivity index (χ2n) is 7.10. The number of hydrogen-bond acceptors (Lipinski definition) is 2. The lowest BCUT2D eigenvalue weighted by Crippen LogP contribution is -2.11. The first-order valence-corrected chi connectivity index (χ1v) is 9.07. The molecule has 0 aliphatic heterocycles. The molecule has 3 aromatic rings. The first kappa shape index (κ1) is 19.4. The van der Waals surface area contributed by atoms with Gasteiger partial charge >= 0.3 is 11.9 Å². The van der Waals surface area contributed by atoms with E-state index < -0.39 is 11.9 Å². The summed E-state index contributed by atoms with van der Waals surface area (Å²) in [5.74, 6) is -2.10. The molecule has 0 heterocycles. The van der Waals surface area contributed by atoms with Crippen LogP contribution in [0.2, 0.25) is 0 Å². The minimum Gasteiger partial charge on any atom is -0.478 e. The Labute approximate surface area is 164 Å². The molecule has 0 atom stereocenters. The van der Waals surface area contributed by atoms with Gasteiger partial charge in [-0.1, -0.05) is 59.7 Å². The summed E-state index contributed by atoms with van der Waals surface area (Å²) < 4.78 is 0. The zero-order chi connectivity index (χ0) is 20.3. The first-order chi connectivity index (χ1) is 13.3. The van der Waals surface area contributed by atoms with Crippen molar-refractivity contribution in [2.75, 3.05) is 0 Å². The van der Waals surface area contributed by atoms with Crippen molar-refractivity contribution in [1.29, 1.82) is 0 Å². The van der Waals surface area contributed by atoms with Crippen LogP contribution >= 0.6 is 0 Å². The van der Waals surface area contributed by atoms with E-state index in [9.17, 15) is 19.8 Å². The number of hydrogen-bond donors (Lipinski definition) is 2. The van der Waals surface area contributed by atoms with Crippen LogP contribution in [0, 0.1) is 13.8 Å². The van der Waals surface area contributed by atoms with Crippen LogP contribution in [0.4, 0.5) is 0 Å². The van der Waals surface area contributed by atoms with Crippen LogP contribution in [0.3, 0.4) is 0 Å². The molecular formula is C24H22O4. The summed E-state index contributed by atoms with van der Waals surface area (Å²) in [7, 11) is 0. The third-order valence-electron chi connectivity index (χ3n) is 4.82. The summed E-state index contributed by atoms with van der Waals surface area (Å²) in [6, 6.07) is 18.6. The standard InChI is InChI=1S/C24H22O4/c1-15-3-7-17(8-4-15)11-19-13-22(24(27)28)20(14-21(19)23(25)26)12-18-9-5-16(2)6-10-18/h3-10,13-14H,11-12H2,1-2H3,(H,25,26)(H,27,28). The average Bonchev–Trinajstić information content (AvgIpc) is 2.66.